The summed E-state index contributed by atoms with van der Waals surface area (Å²) in [4.78, 5) is 0. The molecule has 16 heavy (non-hydrogen) atoms. The van der Waals surface area contributed by atoms with Gasteiger partial charge in [-0.3, -0.25) is 0 Å². The van der Waals surface area contributed by atoms with Gasteiger partial charge < -0.3 is 0 Å². The topological polar surface area (TPSA) is 0 Å². The summed E-state index contributed by atoms with van der Waals surface area (Å²) in [6.07, 6.45) is 6.72. The van der Waals surface area contributed by atoms with Crippen LogP contribution in [0, 0.1) is 0 Å². The molecule has 1 aromatic rings. The number of hydrogen-bond donors (Lipinski definition) is 0. The molecule has 0 atom stereocenters. The van der Waals surface area contributed by atoms with Gasteiger partial charge in [0.2, 0.25) is 0 Å². The van der Waals surface area contributed by atoms with Gasteiger partial charge >= 0.3 is 0 Å². The monoisotopic (exact) mass is 288 g/mol. The third-order valence-electron chi connectivity index (χ3n) is 2.65. The molecule has 4 heteroatoms. The zero-order valence-corrected chi connectivity index (χ0v) is 13.7. The highest BCUT2D eigenvalue weighted by Gasteiger charge is 2.33. The molecule has 0 heterocycles. The predicted molar refractivity (Wildman–Crippen MR) is 87.0 cm³/mol. The van der Waals surface area contributed by atoms with Gasteiger partial charge in [-0.25, -0.2) is 0 Å². The first kappa shape index (κ1) is 14.5. The van der Waals surface area contributed by atoms with Crippen LogP contribution in [0.5, 0.6) is 0 Å². The lowest BCUT2D eigenvalue weighted by molar-refractivity contribution is 1.63. The van der Waals surface area contributed by atoms with Crippen molar-refractivity contribution in [1.29, 1.82) is 0 Å². The second-order valence-corrected chi connectivity index (χ2v) is 12.3. The van der Waals surface area contributed by atoms with Gasteiger partial charge in [0.05, 0.1) is 0 Å². The van der Waals surface area contributed by atoms with Crippen molar-refractivity contribution in [1.82, 2.24) is 0 Å². The fourth-order valence-corrected chi connectivity index (χ4v) is 14.8. The normalized spacial score (nSPS) is 11.7. The van der Waals surface area contributed by atoms with Crippen LogP contribution in [0.25, 0.3) is 0 Å². The SMILES string of the molecule is CSC[Si](CSC)(CSC)c1ccccc1. The van der Waals surface area contributed by atoms with E-state index in [0.717, 1.165) is 0 Å². The lowest BCUT2D eigenvalue weighted by Crippen LogP contribution is -2.56. The van der Waals surface area contributed by atoms with Crippen LogP contribution >= 0.6 is 35.3 Å². The van der Waals surface area contributed by atoms with Crippen LogP contribution in [0.2, 0.25) is 0 Å². The second-order valence-electron chi connectivity index (χ2n) is 3.95. The van der Waals surface area contributed by atoms with E-state index in [4.69, 9.17) is 0 Å². The summed E-state index contributed by atoms with van der Waals surface area (Å²) in [6, 6.07) is 11.2. The van der Waals surface area contributed by atoms with E-state index in [9.17, 15) is 0 Å². The summed E-state index contributed by atoms with van der Waals surface area (Å²) < 4.78 is 0. The Bertz CT molecular complexity index is 273. The number of benzene rings is 1. The summed E-state index contributed by atoms with van der Waals surface area (Å²) in [5.74, 6) is 0. The minimum absolute atomic E-state index is 1.28. The number of hydrogen-bond acceptors (Lipinski definition) is 3. The number of rotatable bonds is 7. The van der Waals surface area contributed by atoms with Gasteiger partial charge in [0, 0.05) is 0 Å². The van der Waals surface area contributed by atoms with Gasteiger partial charge in [-0.1, -0.05) is 35.5 Å². The Labute approximate surface area is 113 Å². The van der Waals surface area contributed by atoms with E-state index in [-0.39, 0.29) is 0 Å². The Morgan fingerprint density at radius 2 is 1.25 bits per heavy atom. The minimum Gasteiger partial charge on any atom is -0.168 e. The molecule has 0 bridgehead atoms. The molecule has 0 aliphatic rings. The van der Waals surface area contributed by atoms with Gasteiger partial charge in [0.15, 0.2) is 0 Å². The standard InChI is InChI=1S/C12H20S3Si/c1-13-9-16(10-14-2,11-15-3)12-7-5-4-6-8-12/h4-8H,9-11H2,1-3H3. The molecule has 0 saturated carbocycles. The smallest absolute Gasteiger partial charge is 0.116 e. The van der Waals surface area contributed by atoms with Crippen molar-refractivity contribution < 1.29 is 0 Å². The van der Waals surface area contributed by atoms with E-state index < -0.39 is 8.07 Å². The third kappa shape index (κ3) is 3.76. The van der Waals surface area contributed by atoms with Crippen LogP contribution in [-0.2, 0) is 0 Å². The molecule has 0 nitrogen and oxygen atoms in total. The first-order valence-corrected chi connectivity index (χ1v) is 12.1. The van der Waals surface area contributed by atoms with E-state index in [1.807, 2.05) is 35.3 Å². The molecule has 0 radical (unpaired) electrons. The highest BCUT2D eigenvalue weighted by molar-refractivity contribution is 8.05. The van der Waals surface area contributed by atoms with Crippen molar-refractivity contribution in [3.05, 3.63) is 30.3 Å². The van der Waals surface area contributed by atoms with E-state index in [0.29, 0.717) is 0 Å². The van der Waals surface area contributed by atoms with Crippen molar-refractivity contribution in [2.75, 3.05) is 34.9 Å². The molecule has 90 valence electrons. The number of thioether (sulfide) groups is 3. The van der Waals surface area contributed by atoms with E-state index in [1.165, 1.54) is 16.1 Å². The molecular weight excluding hydrogens is 268 g/mol. The molecule has 0 fully saturated rings. The summed E-state index contributed by atoms with van der Waals surface area (Å²) in [6.45, 7) is 0. The molecule has 0 aliphatic heterocycles. The Morgan fingerprint density at radius 3 is 1.62 bits per heavy atom. The molecule has 0 saturated heterocycles. The van der Waals surface area contributed by atoms with E-state index >= 15 is 0 Å². The largest absolute Gasteiger partial charge is 0.168 e. The first-order valence-electron chi connectivity index (χ1n) is 5.31. The zero-order chi connectivity index (χ0) is 11.9. The molecule has 0 amide bonds. The Hall–Kier alpha value is 0.487. The van der Waals surface area contributed by atoms with Crippen LogP contribution in [0.4, 0.5) is 0 Å². The second kappa shape index (κ2) is 7.74. The van der Waals surface area contributed by atoms with Crippen molar-refractivity contribution in [2.45, 2.75) is 0 Å². The summed E-state index contributed by atoms with van der Waals surface area (Å²) in [5.41, 5.74) is 0. The minimum atomic E-state index is -1.28. The zero-order valence-electron chi connectivity index (χ0n) is 10.2. The van der Waals surface area contributed by atoms with Crippen molar-refractivity contribution >= 4 is 48.5 Å². The lowest BCUT2D eigenvalue weighted by atomic mass is 10.4. The quantitative estimate of drug-likeness (QED) is 0.708. The molecule has 0 N–H and O–H groups in total. The molecule has 0 aliphatic carbocycles. The summed E-state index contributed by atoms with van der Waals surface area (Å²) in [7, 11) is -1.28. The fraction of sp³-hybridized carbons (Fsp3) is 0.500. The maximum absolute atomic E-state index is 2.34. The Morgan fingerprint density at radius 1 is 0.812 bits per heavy atom. The van der Waals surface area contributed by atoms with Gasteiger partial charge in [-0.05, 0) is 34.9 Å². The van der Waals surface area contributed by atoms with Gasteiger partial charge in [0.25, 0.3) is 0 Å². The van der Waals surface area contributed by atoms with E-state index in [2.05, 4.69) is 49.1 Å². The maximum atomic E-state index is 2.34. The van der Waals surface area contributed by atoms with Crippen molar-refractivity contribution in [3.8, 4) is 0 Å². The lowest BCUT2D eigenvalue weighted by Gasteiger charge is -2.30. The van der Waals surface area contributed by atoms with E-state index in [1.54, 1.807) is 5.19 Å². The third-order valence-corrected chi connectivity index (χ3v) is 14.3. The van der Waals surface area contributed by atoms with Crippen LogP contribution in [-0.4, -0.2) is 43.0 Å². The van der Waals surface area contributed by atoms with Gasteiger partial charge in [-0.2, -0.15) is 35.3 Å². The molecule has 0 unspecified atom stereocenters. The van der Waals surface area contributed by atoms with Crippen LogP contribution in [0.1, 0.15) is 0 Å². The molecule has 0 aromatic heterocycles. The average molecular weight is 289 g/mol. The van der Waals surface area contributed by atoms with Crippen molar-refractivity contribution in [2.24, 2.45) is 0 Å². The highest BCUT2D eigenvalue weighted by atomic mass is 32.2. The predicted octanol–water partition coefficient (Wildman–Crippen LogP) is 3.05. The molecule has 1 rings (SSSR count). The Kier molecular flexibility index (Phi) is 7.04. The van der Waals surface area contributed by atoms with Crippen LogP contribution in [0.15, 0.2) is 30.3 Å². The van der Waals surface area contributed by atoms with Gasteiger partial charge in [0.1, 0.15) is 8.07 Å². The molecule has 1 aromatic carbocycles. The van der Waals surface area contributed by atoms with Crippen LogP contribution in [0.3, 0.4) is 0 Å². The first-order chi connectivity index (χ1) is 7.79. The summed E-state index contributed by atoms with van der Waals surface area (Å²) >= 11 is 6.06. The van der Waals surface area contributed by atoms with Crippen molar-refractivity contribution in [3.63, 3.8) is 0 Å². The maximum Gasteiger partial charge on any atom is 0.116 e. The molecular formula is C12H20S3Si. The molecule has 0 spiro atoms. The fourth-order valence-electron chi connectivity index (χ4n) is 2.00. The average Bonchev–Trinajstić information content (AvgIpc) is 2.31. The van der Waals surface area contributed by atoms with Gasteiger partial charge in [-0.15, -0.1) is 0 Å². The summed E-state index contributed by atoms with van der Waals surface area (Å²) in [5, 5.41) is 5.67. The van der Waals surface area contributed by atoms with Crippen LogP contribution < -0.4 is 5.19 Å². The highest BCUT2D eigenvalue weighted by Crippen LogP contribution is 2.19. The Balaban J connectivity index is 2.99.